The molecule has 0 saturated heterocycles. The van der Waals surface area contributed by atoms with E-state index in [0.717, 1.165) is 55.9 Å². The van der Waals surface area contributed by atoms with Gasteiger partial charge in [0.25, 0.3) is 0 Å². The zero-order valence-electron chi connectivity index (χ0n) is 44.5. The molecule has 326 valence electrons. The Hall–Kier alpha value is -6.58. The number of pyridine rings is 3. The van der Waals surface area contributed by atoms with Gasteiger partial charge in [0.1, 0.15) is 0 Å². The van der Waals surface area contributed by atoms with Gasteiger partial charge in [-0.1, -0.05) is 131 Å². The van der Waals surface area contributed by atoms with E-state index in [4.69, 9.17) is 4.11 Å². The molecule has 9 rings (SSSR count). The van der Waals surface area contributed by atoms with Gasteiger partial charge in [-0.05, 0) is 117 Å². The molecule has 6 aromatic carbocycles. The maximum absolute atomic E-state index is 9.69. The largest absolute Gasteiger partial charge is 3.00 e. The van der Waals surface area contributed by atoms with Crippen molar-refractivity contribution < 1.29 is 29.7 Å². The first-order chi connectivity index (χ1) is 34.3. The fourth-order valence-corrected chi connectivity index (χ4v) is 8.46. The summed E-state index contributed by atoms with van der Waals surface area (Å²) in [6, 6.07) is 63.7. The number of aromatic nitrogens is 3. The molecule has 0 saturated carbocycles. The van der Waals surface area contributed by atoms with Gasteiger partial charge in [0.2, 0.25) is 0 Å². The third-order valence-corrected chi connectivity index (χ3v) is 12.0. The summed E-state index contributed by atoms with van der Waals surface area (Å²) in [5.74, 6) is 0. The van der Waals surface area contributed by atoms with Crippen LogP contribution in [-0.4, -0.2) is 15.0 Å². The summed E-state index contributed by atoms with van der Waals surface area (Å²) in [6.07, 6.45) is 0.982. The Kier molecular flexibility index (Phi) is 11.6. The molecule has 0 atom stereocenters. The monoisotopic (exact) mass is 1040 g/mol. The summed E-state index contributed by atoms with van der Waals surface area (Å²) in [5.41, 5.74) is 11.1. The van der Waals surface area contributed by atoms with Crippen LogP contribution in [0.1, 0.15) is 76.2 Å². The molecule has 0 aliphatic heterocycles. The Balaban J connectivity index is 0.00000711. The molecule has 0 unspecified atom stereocenters. The SMILES string of the molecule is [2H]C([2H])([2H])c1cnc(-c2[c-]cc(C([2H])([2H])C([2H])([2H])c3cc(CC(C)(C)c4c[c-]c(-c5ccccn5)cc4)cc(CC(C)(C)c4c[c-]c(-c5ccccn5)cc4)c3)cc2)cc1-c1cccc(-c2ccccc2)c1.[Ir+3]. The number of rotatable bonds is 14. The maximum Gasteiger partial charge on any atom is 3.00 e. The molecule has 3 heterocycles. The first-order valence-corrected chi connectivity index (χ1v) is 22.0. The van der Waals surface area contributed by atoms with Crippen LogP contribution in [0, 0.1) is 25.1 Å². The number of nitrogens with zero attached hydrogens (tertiary/aromatic N) is 3. The van der Waals surface area contributed by atoms with Crippen molar-refractivity contribution in [1.29, 1.82) is 0 Å². The van der Waals surface area contributed by atoms with Gasteiger partial charge < -0.3 is 15.0 Å². The van der Waals surface area contributed by atoms with E-state index < -0.39 is 30.4 Å². The van der Waals surface area contributed by atoms with Gasteiger partial charge in [0, 0.05) is 28.2 Å². The summed E-state index contributed by atoms with van der Waals surface area (Å²) in [6.45, 7) is 6.21. The van der Waals surface area contributed by atoms with Crippen molar-refractivity contribution in [3.8, 4) is 56.0 Å². The van der Waals surface area contributed by atoms with E-state index in [-0.39, 0.29) is 36.8 Å². The fraction of sp³-hybridized carbons (Fsp3) is 0.177. The standard InChI is InChI=1S/C62H54N3.Ir/c1-44-43-65-60(40-57(44)54-17-13-16-53(39-54)49-14-7-6-8-15-49)52-24-22-45(23-25-52)20-21-46-36-47(41-61(2,3)55-30-26-50(27-31-55)58-18-9-11-34-63-58)38-48(37-46)42-62(4,5)56-32-28-51(29-33-56)59-19-10-12-35-64-59;/h6-19,22-24,26,28,30-40,43H,20-21,41-42H2,1-5H3;/q-3;+3/i1D3,20D2,21D2;. The van der Waals surface area contributed by atoms with E-state index in [2.05, 4.69) is 79.0 Å². The Morgan fingerprint density at radius 3 is 1.55 bits per heavy atom. The first-order valence-electron chi connectivity index (χ1n) is 25.5. The third-order valence-electron chi connectivity index (χ3n) is 12.0. The van der Waals surface area contributed by atoms with E-state index in [1.807, 2.05) is 127 Å². The van der Waals surface area contributed by atoms with Crippen molar-refractivity contribution in [2.75, 3.05) is 0 Å². The molecule has 0 bridgehead atoms. The van der Waals surface area contributed by atoms with Crippen molar-refractivity contribution in [3.63, 3.8) is 0 Å². The van der Waals surface area contributed by atoms with Crippen molar-refractivity contribution in [3.05, 3.63) is 246 Å². The molecule has 0 aliphatic rings. The van der Waals surface area contributed by atoms with Gasteiger partial charge in [-0.2, -0.15) is 0 Å². The topological polar surface area (TPSA) is 38.7 Å². The van der Waals surface area contributed by atoms with E-state index in [0.29, 0.717) is 35.2 Å². The zero-order chi connectivity index (χ0) is 50.9. The average molecular weight is 1040 g/mol. The minimum absolute atomic E-state index is 0. The molecule has 0 radical (unpaired) electrons. The zero-order valence-corrected chi connectivity index (χ0v) is 39.9. The Labute approximate surface area is 415 Å². The van der Waals surface area contributed by atoms with Crippen LogP contribution >= 0.6 is 0 Å². The quantitative estimate of drug-likeness (QED) is 0.102. The molecule has 66 heavy (non-hydrogen) atoms. The predicted molar refractivity (Wildman–Crippen MR) is 268 cm³/mol. The van der Waals surface area contributed by atoms with Crippen molar-refractivity contribution >= 4 is 0 Å². The molecule has 0 spiro atoms. The van der Waals surface area contributed by atoms with Gasteiger partial charge >= 0.3 is 20.1 Å². The molecule has 3 aromatic heterocycles. The van der Waals surface area contributed by atoms with Crippen molar-refractivity contribution in [2.24, 2.45) is 0 Å². The normalized spacial score (nSPS) is 13.7. The van der Waals surface area contributed by atoms with Crippen molar-refractivity contribution in [2.45, 2.75) is 71.0 Å². The van der Waals surface area contributed by atoms with Crippen LogP contribution in [0.15, 0.2) is 188 Å². The van der Waals surface area contributed by atoms with Gasteiger partial charge in [0.05, 0.1) is 0 Å². The summed E-state index contributed by atoms with van der Waals surface area (Å²) in [7, 11) is 0. The molecule has 0 fully saturated rings. The molecule has 4 heteroatoms. The van der Waals surface area contributed by atoms with Crippen LogP contribution in [0.2, 0.25) is 0 Å². The summed E-state index contributed by atoms with van der Waals surface area (Å²) >= 11 is 0. The second-order valence-corrected chi connectivity index (χ2v) is 17.9. The van der Waals surface area contributed by atoms with E-state index in [9.17, 15) is 5.48 Å². The molecular weight excluding hydrogens is 979 g/mol. The van der Waals surface area contributed by atoms with Gasteiger partial charge in [0.15, 0.2) is 0 Å². The summed E-state index contributed by atoms with van der Waals surface area (Å²) < 4.78 is 63.5. The summed E-state index contributed by atoms with van der Waals surface area (Å²) in [5, 5.41) is 0. The molecule has 9 aromatic rings. The number of hydrogen-bond acceptors (Lipinski definition) is 3. The third kappa shape index (κ3) is 10.9. The van der Waals surface area contributed by atoms with Crippen LogP contribution in [0.25, 0.3) is 56.0 Å². The second kappa shape index (κ2) is 20.3. The van der Waals surface area contributed by atoms with Crippen LogP contribution in [-0.2, 0) is 56.5 Å². The van der Waals surface area contributed by atoms with Gasteiger partial charge in [-0.3, -0.25) is 0 Å². The molecule has 0 aliphatic carbocycles. The maximum atomic E-state index is 9.69. The molecular formula is C62H54IrN3. The van der Waals surface area contributed by atoms with E-state index in [1.165, 1.54) is 12.3 Å². The Bertz CT molecular complexity index is 3190. The van der Waals surface area contributed by atoms with Crippen LogP contribution in [0.5, 0.6) is 0 Å². The summed E-state index contributed by atoms with van der Waals surface area (Å²) in [4.78, 5) is 13.5. The van der Waals surface area contributed by atoms with Crippen LogP contribution in [0.3, 0.4) is 0 Å². The fourth-order valence-electron chi connectivity index (χ4n) is 8.46. The van der Waals surface area contributed by atoms with Crippen LogP contribution < -0.4 is 0 Å². The predicted octanol–water partition coefficient (Wildman–Crippen LogP) is 14.7. The smallest absolute Gasteiger partial charge is 0.305 e. The number of aryl methyl sites for hydroxylation is 3. The Morgan fingerprint density at radius 2 is 1.00 bits per heavy atom. The number of hydrogen-bond donors (Lipinski definition) is 0. The van der Waals surface area contributed by atoms with Crippen molar-refractivity contribution in [1.82, 2.24) is 15.0 Å². The minimum atomic E-state index is -2.52. The van der Waals surface area contributed by atoms with E-state index in [1.54, 1.807) is 30.6 Å². The average Bonchev–Trinajstić information content (AvgIpc) is 3.38. The molecule has 0 amide bonds. The second-order valence-electron chi connectivity index (χ2n) is 17.9. The minimum Gasteiger partial charge on any atom is -0.305 e. The van der Waals surface area contributed by atoms with E-state index >= 15 is 0 Å². The van der Waals surface area contributed by atoms with Crippen LogP contribution in [0.4, 0.5) is 0 Å². The number of benzene rings is 6. The Morgan fingerprint density at radius 1 is 0.470 bits per heavy atom. The first kappa shape index (κ1) is 37.6. The van der Waals surface area contributed by atoms with Gasteiger partial charge in [-0.15, -0.1) is 106 Å². The van der Waals surface area contributed by atoms with Gasteiger partial charge in [-0.25, -0.2) is 0 Å². The molecule has 0 N–H and O–H groups in total. The molecule has 3 nitrogen and oxygen atoms in total.